The van der Waals surface area contributed by atoms with E-state index in [2.05, 4.69) is 42.2 Å². The normalized spacial score (nSPS) is 11.3. The van der Waals surface area contributed by atoms with E-state index in [0.29, 0.717) is 15.3 Å². The van der Waals surface area contributed by atoms with E-state index in [0.717, 1.165) is 0 Å². The molecule has 0 unspecified atom stereocenters. The number of nitrogens with one attached hydrogen (secondary N) is 1. The summed E-state index contributed by atoms with van der Waals surface area (Å²) in [5.74, 6) is 0.258. The number of pyridine rings is 1. The van der Waals surface area contributed by atoms with E-state index in [1.54, 1.807) is 26.1 Å². The number of rotatable bonds is 2. The molecule has 1 aromatic rings. The van der Waals surface area contributed by atoms with Gasteiger partial charge in [-0.15, -0.1) is 0 Å². The van der Waals surface area contributed by atoms with Gasteiger partial charge in [-0.25, -0.2) is 4.98 Å². The smallest absolute Gasteiger partial charge is 0.241 e. The lowest BCUT2D eigenvalue weighted by molar-refractivity contribution is -0.117. The largest absolute Gasteiger partial charge is 0.309 e. The molecule has 0 bridgehead atoms. The van der Waals surface area contributed by atoms with Crippen molar-refractivity contribution in [3.63, 3.8) is 0 Å². The highest BCUT2D eigenvalue weighted by Gasteiger charge is 2.23. The van der Waals surface area contributed by atoms with Crippen molar-refractivity contribution in [1.82, 2.24) is 4.98 Å². The molecule has 0 fully saturated rings. The number of carbonyl (C=O) groups is 1. The van der Waals surface area contributed by atoms with Crippen molar-refractivity contribution in [2.24, 2.45) is 0 Å². The van der Waals surface area contributed by atoms with E-state index in [9.17, 15) is 4.79 Å². The van der Waals surface area contributed by atoms with Gasteiger partial charge >= 0.3 is 0 Å². The van der Waals surface area contributed by atoms with Crippen LogP contribution in [0.4, 0.5) is 5.82 Å². The molecule has 6 heteroatoms. The Bertz CT molecular complexity index is 390. The fourth-order valence-corrected chi connectivity index (χ4v) is 1.22. The Hall–Kier alpha value is -0.130. The summed E-state index contributed by atoms with van der Waals surface area (Å²) >= 11 is 12.3. The first-order valence-electron chi connectivity index (χ1n) is 4.12. The molecule has 0 aliphatic rings. The Morgan fingerprint density at radius 3 is 2.67 bits per heavy atom. The van der Waals surface area contributed by atoms with E-state index in [1.807, 2.05) is 0 Å². The number of carbonyl (C=O) groups excluding carboxylic acids is 1. The van der Waals surface area contributed by atoms with Gasteiger partial charge in [-0.05, 0) is 29.8 Å². The Morgan fingerprint density at radius 1 is 1.60 bits per heavy atom. The van der Waals surface area contributed by atoms with Crippen LogP contribution in [-0.4, -0.2) is 15.2 Å². The van der Waals surface area contributed by atoms with Gasteiger partial charge in [-0.1, -0.05) is 27.5 Å². The van der Waals surface area contributed by atoms with Gasteiger partial charge in [0.2, 0.25) is 5.91 Å². The molecule has 0 atom stereocenters. The lowest BCUT2D eigenvalue weighted by Crippen LogP contribution is -2.31. The van der Waals surface area contributed by atoms with Crippen LogP contribution in [-0.2, 0) is 4.79 Å². The average Bonchev–Trinajstić information content (AvgIpc) is 2.10. The van der Waals surface area contributed by atoms with E-state index >= 15 is 0 Å². The monoisotopic (exact) mass is 354 g/mol. The van der Waals surface area contributed by atoms with Crippen molar-refractivity contribution in [3.05, 3.63) is 21.8 Å². The van der Waals surface area contributed by atoms with Gasteiger partial charge in [0.15, 0.2) is 0 Å². The van der Waals surface area contributed by atoms with Crippen molar-refractivity contribution < 1.29 is 4.79 Å². The molecule has 1 N–H and O–H groups in total. The molecule has 0 saturated carbocycles. The predicted molar refractivity (Wildman–Crippen MR) is 68.6 cm³/mol. The first-order chi connectivity index (χ1) is 6.80. The standard InChI is InChI=1S/C9H9Br2ClN2O/c1-9(2,11)8(15)14-7-3-6(12)5(10)4-13-7/h3-4H,1-2H3,(H,13,14,15). The summed E-state index contributed by atoms with van der Waals surface area (Å²) < 4.78 is 0.0640. The van der Waals surface area contributed by atoms with E-state index < -0.39 is 4.32 Å². The highest BCUT2D eigenvalue weighted by atomic mass is 79.9. The fraction of sp³-hybridized carbons (Fsp3) is 0.333. The molecule has 0 spiro atoms. The number of amides is 1. The topological polar surface area (TPSA) is 42.0 Å². The third kappa shape index (κ3) is 3.74. The van der Waals surface area contributed by atoms with Crippen molar-refractivity contribution in [1.29, 1.82) is 0 Å². The van der Waals surface area contributed by atoms with Crippen molar-refractivity contribution in [2.75, 3.05) is 5.32 Å². The van der Waals surface area contributed by atoms with Gasteiger partial charge in [-0.2, -0.15) is 0 Å². The second kappa shape index (κ2) is 4.80. The van der Waals surface area contributed by atoms with Crippen LogP contribution in [0.3, 0.4) is 0 Å². The number of aromatic nitrogens is 1. The molecule has 1 rings (SSSR count). The minimum Gasteiger partial charge on any atom is -0.309 e. The summed E-state index contributed by atoms with van der Waals surface area (Å²) in [6.45, 7) is 3.51. The lowest BCUT2D eigenvalue weighted by atomic mass is 10.2. The van der Waals surface area contributed by atoms with E-state index in [1.165, 1.54) is 0 Å². The second-order valence-electron chi connectivity index (χ2n) is 3.41. The summed E-state index contributed by atoms with van der Waals surface area (Å²) in [5, 5.41) is 3.15. The maximum atomic E-state index is 11.6. The molecule has 0 aliphatic heterocycles. The molecule has 0 radical (unpaired) electrons. The third-order valence-electron chi connectivity index (χ3n) is 1.59. The molecule has 82 valence electrons. The SMILES string of the molecule is CC(C)(Br)C(=O)Nc1cc(Cl)c(Br)cn1. The molecule has 0 aliphatic carbocycles. The second-order valence-corrected chi connectivity index (χ2v) is 6.65. The molecule has 3 nitrogen and oxygen atoms in total. The minimum atomic E-state index is -0.631. The summed E-state index contributed by atoms with van der Waals surface area (Å²) in [4.78, 5) is 15.6. The van der Waals surface area contributed by atoms with Gasteiger partial charge in [0.05, 0.1) is 13.8 Å². The number of alkyl halides is 1. The summed E-state index contributed by atoms with van der Waals surface area (Å²) in [7, 11) is 0. The number of halogens is 3. The quantitative estimate of drug-likeness (QED) is 0.823. The van der Waals surface area contributed by atoms with Crippen LogP contribution < -0.4 is 5.32 Å². The molecule has 1 heterocycles. The van der Waals surface area contributed by atoms with Crippen LogP contribution in [0.2, 0.25) is 5.02 Å². The number of hydrogen-bond acceptors (Lipinski definition) is 2. The highest BCUT2D eigenvalue weighted by Crippen LogP contribution is 2.24. The van der Waals surface area contributed by atoms with Gasteiger partial charge in [0.25, 0.3) is 0 Å². The number of nitrogens with zero attached hydrogens (tertiary/aromatic N) is 1. The van der Waals surface area contributed by atoms with Crippen LogP contribution in [0, 0.1) is 0 Å². The molecule has 0 saturated heterocycles. The van der Waals surface area contributed by atoms with Crippen LogP contribution in [0.5, 0.6) is 0 Å². The molecular weight excluding hydrogens is 347 g/mol. The summed E-state index contributed by atoms with van der Waals surface area (Å²) in [6.07, 6.45) is 1.54. The van der Waals surface area contributed by atoms with E-state index in [4.69, 9.17) is 11.6 Å². The van der Waals surface area contributed by atoms with Crippen LogP contribution in [0.15, 0.2) is 16.7 Å². The van der Waals surface area contributed by atoms with Crippen LogP contribution >= 0.6 is 43.5 Å². The summed E-state index contributed by atoms with van der Waals surface area (Å²) in [6, 6.07) is 1.59. The first-order valence-corrected chi connectivity index (χ1v) is 6.08. The number of hydrogen-bond donors (Lipinski definition) is 1. The average molecular weight is 356 g/mol. The zero-order chi connectivity index (χ0) is 11.6. The van der Waals surface area contributed by atoms with Gasteiger partial charge < -0.3 is 5.32 Å². The molecular formula is C9H9Br2ClN2O. The molecule has 15 heavy (non-hydrogen) atoms. The van der Waals surface area contributed by atoms with Crippen molar-refractivity contribution >= 4 is 55.2 Å². The molecule has 1 amide bonds. The zero-order valence-corrected chi connectivity index (χ0v) is 12.1. The zero-order valence-electron chi connectivity index (χ0n) is 8.14. The number of anilines is 1. The van der Waals surface area contributed by atoms with Crippen LogP contribution in [0.1, 0.15) is 13.8 Å². The van der Waals surface area contributed by atoms with Gasteiger partial charge in [0, 0.05) is 12.3 Å². The van der Waals surface area contributed by atoms with Gasteiger partial charge in [0.1, 0.15) is 5.82 Å². The molecule has 1 aromatic heterocycles. The maximum Gasteiger partial charge on any atom is 0.241 e. The van der Waals surface area contributed by atoms with Crippen molar-refractivity contribution in [2.45, 2.75) is 18.2 Å². The first kappa shape index (κ1) is 12.9. The minimum absolute atomic E-state index is 0.173. The van der Waals surface area contributed by atoms with E-state index in [-0.39, 0.29) is 5.91 Å². The Labute approximate surface area is 110 Å². The highest BCUT2D eigenvalue weighted by molar-refractivity contribution is 9.10. The third-order valence-corrected chi connectivity index (χ3v) is 3.12. The predicted octanol–water partition coefficient (Wildman–Crippen LogP) is 3.61. The van der Waals surface area contributed by atoms with Gasteiger partial charge in [-0.3, -0.25) is 4.79 Å². The Kier molecular flexibility index (Phi) is 4.14. The van der Waals surface area contributed by atoms with Crippen LogP contribution in [0.25, 0.3) is 0 Å². The summed E-state index contributed by atoms with van der Waals surface area (Å²) in [5.41, 5.74) is 0. The lowest BCUT2D eigenvalue weighted by Gasteiger charge is -2.15. The van der Waals surface area contributed by atoms with Crippen molar-refractivity contribution in [3.8, 4) is 0 Å². The Morgan fingerprint density at radius 2 is 2.20 bits per heavy atom. The fourth-order valence-electron chi connectivity index (χ4n) is 0.747. The maximum absolute atomic E-state index is 11.6. The Balaban J connectivity index is 2.83. The molecule has 0 aromatic carbocycles.